The van der Waals surface area contributed by atoms with Gasteiger partial charge in [0.2, 0.25) is 0 Å². The number of halogens is 1. The van der Waals surface area contributed by atoms with Gasteiger partial charge >= 0.3 is 0 Å². The molecule has 0 aliphatic heterocycles. The van der Waals surface area contributed by atoms with Gasteiger partial charge in [0.05, 0.1) is 12.1 Å². The number of nitrogens with two attached hydrogens (primary N) is 1. The topological polar surface area (TPSA) is 51.8 Å². The van der Waals surface area contributed by atoms with E-state index in [0.29, 0.717) is 17.5 Å². The van der Waals surface area contributed by atoms with Crippen LogP contribution in [0.1, 0.15) is 11.4 Å². The first-order valence-corrected chi connectivity index (χ1v) is 4.71. The lowest BCUT2D eigenvalue weighted by molar-refractivity contribution is 0.926. The number of hydrogen-bond donors (Lipinski definition) is 1. The van der Waals surface area contributed by atoms with Gasteiger partial charge in [0, 0.05) is 5.39 Å². The van der Waals surface area contributed by atoms with Crippen molar-refractivity contribution in [3.8, 4) is 0 Å². The van der Waals surface area contributed by atoms with Crippen molar-refractivity contribution in [1.29, 1.82) is 0 Å². The molecule has 0 aliphatic rings. The maximum absolute atomic E-state index is 5.99. The zero-order valence-electron chi connectivity index (χ0n) is 7.79. The number of aryl methyl sites for hydroxylation is 1. The minimum Gasteiger partial charge on any atom is -0.324 e. The smallest absolute Gasteiger partial charge is 0.144 e. The van der Waals surface area contributed by atoms with E-state index >= 15 is 0 Å². The molecule has 3 nitrogen and oxygen atoms in total. The fraction of sp³-hybridized carbons (Fsp3) is 0.200. The molecule has 2 aromatic rings. The zero-order valence-corrected chi connectivity index (χ0v) is 8.54. The molecule has 0 spiro atoms. The quantitative estimate of drug-likeness (QED) is 0.729. The molecule has 0 saturated heterocycles. The van der Waals surface area contributed by atoms with Crippen LogP contribution in [-0.4, -0.2) is 9.97 Å². The third-order valence-corrected chi connectivity index (χ3v) is 2.32. The summed E-state index contributed by atoms with van der Waals surface area (Å²) in [6, 6.07) is 5.88. The van der Waals surface area contributed by atoms with Gasteiger partial charge in [-0.25, -0.2) is 9.97 Å². The van der Waals surface area contributed by atoms with E-state index in [4.69, 9.17) is 17.3 Å². The average Bonchev–Trinajstić information content (AvgIpc) is 2.16. The lowest BCUT2D eigenvalue weighted by atomic mass is 10.2. The van der Waals surface area contributed by atoms with E-state index in [1.54, 1.807) is 0 Å². The Balaban J connectivity index is 2.77. The van der Waals surface area contributed by atoms with Gasteiger partial charge in [-0.05, 0) is 24.6 Å². The predicted molar refractivity (Wildman–Crippen MR) is 57.2 cm³/mol. The molecule has 0 amide bonds. The van der Waals surface area contributed by atoms with Crippen molar-refractivity contribution in [2.45, 2.75) is 13.5 Å². The molecule has 2 rings (SSSR count). The van der Waals surface area contributed by atoms with Gasteiger partial charge in [-0.2, -0.15) is 0 Å². The fourth-order valence-electron chi connectivity index (χ4n) is 1.34. The van der Waals surface area contributed by atoms with E-state index < -0.39 is 0 Å². The third-order valence-electron chi connectivity index (χ3n) is 2.03. The molecule has 0 fully saturated rings. The largest absolute Gasteiger partial charge is 0.324 e. The second-order valence-electron chi connectivity index (χ2n) is 3.16. The molecule has 72 valence electrons. The van der Waals surface area contributed by atoms with Gasteiger partial charge in [-0.15, -0.1) is 0 Å². The molecular weight excluding hydrogens is 198 g/mol. The molecule has 0 saturated carbocycles. The van der Waals surface area contributed by atoms with Crippen LogP contribution in [0.4, 0.5) is 0 Å². The lowest BCUT2D eigenvalue weighted by Crippen LogP contribution is -2.03. The molecule has 0 aliphatic carbocycles. The Bertz CT molecular complexity index is 482. The minimum atomic E-state index is 0.309. The highest BCUT2D eigenvalue weighted by atomic mass is 35.5. The highest BCUT2D eigenvalue weighted by Crippen LogP contribution is 2.20. The minimum absolute atomic E-state index is 0.309. The van der Waals surface area contributed by atoms with E-state index in [0.717, 1.165) is 16.5 Å². The third kappa shape index (κ3) is 1.56. The summed E-state index contributed by atoms with van der Waals surface area (Å²) < 4.78 is 0. The van der Waals surface area contributed by atoms with Crippen LogP contribution in [0.2, 0.25) is 5.15 Å². The van der Waals surface area contributed by atoms with Crippen molar-refractivity contribution in [2.24, 2.45) is 5.73 Å². The highest BCUT2D eigenvalue weighted by Gasteiger charge is 2.04. The molecule has 0 atom stereocenters. The summed E-state index contributed by atoms with van der Waals surface area (Å²) in [5, 5.41) is 1.34. The molecule has 1 aromatic carbocycles. The van der Waals surface area contributed by atoms with Gasteiger partial charge in [-0.3, -0.25) is 0 Å². The van der Waals surface area contributed by atoms with Crippen LogP contribution in [0, 0.1) is 6.92 Å². The average molecular weight is 208 g/mol. The molecular formula is C10H10ClN3. The number of hydrogen-bond acceptors (Lipinski definition) is 3. The van der Waals surface area contributed by atoms with Gasteiger partial charge < -0.3 is 5.73 Å². The zero-order chi connectivity index (χ0) is 10.1. The Morgan fingerprint density at radius 2 is 2.14 bits per heavy atom. The highest BCUT2D eigenvalue weighted by molar-refractivity contribution is 6.34. The summed E-state index contributed by atoms with van der Waals surface area (Å²) >= 11 is 5.99. The van der Waals surface area contributed by atoms with Crippen LogP contribution in [0.5, 0.6) is 0 Å². The number of rotatable bonds is 1. The standard InChI is InChI=1S/C10H10ClN3/c1-6-2-3-7-8(4-6)13-9(5-12)14-10(7)11/h2-4H,5,12H2,1H3. The van der Waals surface area contributed by atoms with Crippen LogP contribution < -0.4 is 5.73 Å². The molecule has 14 heavy (non-hydrogen) atoms. The summed E-state index contributed by atoms with van der Waals surface area (Å²) in [7, 11) is 0. The molecule has 4 heteroatoms. The van der Waals surface area contributed by atoms with Crippen molar-refractivity contribution < 1.29 is 0 Å². The maximum atomic E-state index is 5.99. The Labute approximate surface area is 86.9 Å². The first-order valence-electron chi connectivity index (χ1n) is 4.33. The number of nitrogens with zero attached hydrogens (tertiary/aromatic N) is 2. The van der Waals surface area contributed by atoms with E-state index in [1.165, 1.54) is 0 Å². The molecule has 1 heterocycles. The monoisotopic (exact) mass is 207 g/mol. The molecule has 0 bridgehead atoms. The van der Waals surface area contributed by atoms with Crippen LogP contribution >= 0.6 is 11.6 Å². The van der Waals surface area contributed by atoms with E-state index in [1.807, 2.05) is 25.1 Å². The molecule has 0 unspecified atom stereocenters. The summed E-state index contributed by atoms with van der Waals surface area (Å²) in [4.78, 5) is 8.37. The van der Waals surface area contributed by atoms with Gasteiger partial charge in [0.25, 0.3) is 0 Å². The van der Waals surface area contributed by atoms with Crippen LogP contribution in [0.25, 0.3) is 10.9 Å². The van der Waals surface area contributed by atoms with Crippen molar-refractivity contribution in [3.63, 3.8) is 0 Å². The summed E-state index contributed by atoms with van der Waals surface area (Å²) in [6.07, 6.45) is 0. The fourth-order valence-corrected chi connectivity index (χ4v) is 1.59. The predicted octanol–water partition coefficient (Wildman–Crippen LogP) is 2.05. The second-order valence-corrected chi connectivity index (χ2v) is 3.51. The van der Waals surface area contributed by atoms with E-state index in [9.17, 15) is 0 Å². The van der Waals surface area contributed by atoms with Crippen molar-refractivity contribution >= 4 is 22.5 Å². The van der Waals surface area contributed by atoms with Crippen LogP contribution in [-0.2, 0) is 6.54 Å². The van der Waals surface area contributed by atoms with Crippen molar-refractivity contribution in [1.82, 2.24) is 9.97 Å². The molecule has 0 radical (unpaired) electrons. The summed E-state index contributed by atoms with van der Waals surface area (Å²) in [5.41, 5.74) is 7.46. The molecule has 2 N–H and O–H groups in total. The second kappa shape index (κ2) is 3.52. The Hall–Kier alpha value is -1.19. The first-order chi connectivity index (χ1) is 6.70. The maximum Gasteiger partial charge on any atom is 0.144 e. The number of fused-ring (bicyclic) bond motifs is 1. The molecule has 1 aromatic heterocycles. The Kier molecular flexibility index (Phi) is 2.35. The summed E-state index contributed by atoms with van der Waals surface area (Å²) in [5.74, 6) is 0.577. The summed E-state index contributed by atoms with van der Waals surface area (Å²) in [6.45, 7) is 2.32. The van der Waals surface area contributed by atoms with E-state index in [-0.39, 0.29) is 0 Å². The lowest BCUT2D eigenvalue weighted by Gasteiger charge is -2.03. The number of aromatic nitrogens is 2. The Morgan fingerprint density at radius 1 is 1.36 bits per heavy atom. The van der Waals surface area contributed by atoms with Gasteiger partial charge in [-0.1, -0.05) is 17.7 Å². The normalized spacial score (nSPS) is 10.8. The first kappa shape index (κ1) is 9.37. The Morgan fingerprint density at radius 3 is 2.86 bits per heavy atom. The van der Waals surface area contributed by atoms with Crippen LogP contribution in [0.3, 0.4) is 0 Å². The van der Waals surface area contributed by atoms with Crippen LogP contribution in [0.15, 0.2) is 18.2 Å². The van der Waals surface area contributed by atoms with Gasteiger partial charge in [0.15, 0.2) is 0 Å². The SMILES string of the molecule is Cc1ccc2c(Cl)nc(CN)nc2c1. The van der Waals surface area contributed by atoms with Crippen molar-refractivity contribution in [3.05, 3.63) is 34.7 Å². The van der Waals surface area contributed by atoms with Crippen molar-refractivity contribution in [2.75, 3.05) is 0 Å². The van der Waals surface area contributed by atoms with Gasteiger partial charge in [0.1, 0.15) is 11.0 Å². The number of benzene rings is 1. The van der Waals surface area contributed by atoms with E-state index in [2.05, 4.69) is 9.97 Å².